The fraction of sp³-hybridized carbons (Fsp3) is 0.167. The van der Waals surface area contributed by atoms with Crippen LogP contribution in [0.5, 0.6) is 0 Å². The summed E-state index contributed by atoms with van der Waals surface area (Å²) >= 11 is 0. The molecule has 7 heteroatoms. The summed E-state index contributed by atoms with van der Waals surface area (Å²) in [5.74, 6) is -0.153. The van der Waals surface area contributed by atoms with Gasteiger partial charge in [0.1, 0.15) is 6.33 Å². The van der Waals surface area contributed by atoms with Crippen LogP contribution < -0.4 is 10.5 Å². The monoisotopic (exact) mass is 278 g/mol. The zero-order chi connectivity index (χ0) is 13.7. The van der Waals surface area contributed by atoms with Gasteiger partial charge in [0.25, 0.3) is 0 Å². The summed E-state index contributed by atoms with van der Waals surface area (Å²) < 4.78 is 21.9. The Labute approximate surface area is 111 Å². The van der Waals surface area contributed by atoms with E-state index in [1.165, 1.54) is 6.33 Å². The largest absolute Gasteiger partial charge is 0.381 e. The molecule has 2 aromatic rings. The molecule has 0 atom stereocenters. The normalized spacial score (nSPS) is 11.2. The van der Waals surface area contributed by atoms with Crippen LogP contribution >= 0.6 is 0 Å². The molecule has 3 N–H and O–H groups in total. The second-order valence-corrected chi connectivity index (χ2v) is 5.72. The van der Waals surface area contributed by atoms with Crippen LogP contribution in [0.1, 0.15) is 11.1 Å². The average Bonchev–Trinajstić information content (AvgIpc) is 2.37. The third-order valence-electron chi connectivity index (χ3n) is 2.43. The first-order chi connectivity index (χ1) is 9.03. The molecule has 19 heavy (non-hydrogen) atoms. The van der Waals surface area contributed by atoms with Crippen molar-refractivity contribution >= 4 is 15.7 Å². The molecule has 0 aliphatic heterocycles. The minimum Gasteiger partial charge on any atom is -0.381 e. The molecular weight excluding hydrogens is 264 g/mol. The molecule has 2 rings (SSSR count). The molecule has 0 spiro atoms. The van der Waals surface area contributed by atoms with E-state index in [2.05, 4.69) is 15.3 Å². The Kier molecular flexibility index (Phi) is 4.08. The van der Waals surface area contributed by atoms with Crippen LogP contribution in [-0.2, 0) is 22.3 Å². The number of primary sulfonamides is 1. The van der Waals surface area contributed by atoms with Gasteiger partial charge in [-0.25, -0.2) is 23.5 Å². The van der Waals surface area contributed by atoms with Gasteiger partial charge < -0.3 is 5.32 Å². The fourth-order valence-corrected chi connectivity index (χ4v) is 2.23. The van der Waals surface area contributed by atoms with E-state index in [-0.39, 0.29) is 5.75 Å². The summed E-state index contributed by atoms with van der Waals surface area (Å²) in [6, 6.07) is 7.08. The zero-order valence-corrected chi connectivity index (χ0v) is 11.0. The maximum absolute atomic E-state index is 10.9. The molecule has 0 saturated carbocycles. The lowest BCUT2D eigenvalue weighted by atomic mass is 10.2. The van der Waals surface area contributed by atoms with Crippen LogP contribution in [0.25, 0.3) is 0 Å². The second kappa shape index (κ2) is 5.77. The van der Waals surface area contributed by atoms with E-state index in [4.69, 9.17) is 5.14 Å². The molecule has 0 amide bonds. The maximum Gasteiger partial charge on any atom is 0.213 e. The third-order valence-corrected chi connectivity index (χ3v) is 3.17. The number of nitrogens with zero attached hydrogens (tertiary/aromatic N) is 2. The molecule has 1 aromatic carbocycles. The Bertz CT molecular complexity index is 627. The van der Waals surface area contributed by atoms with Gasteiger partial charge in [0.15, 0.2) is 0 Å². The Hall–Kier alpha value is -1.99. The average molecular weight is 278 g/mol. The standard InChI is InChI=1S/C12H14N4O2S/c13-19(17,18)8-10-1-3-12(4-2-10)16-7-11-5-14-9-15-6-11/h1-6,9,16H,7-8H2,(H2,13,17,18). The molecule has 100 valence electrons. The highest BCUT2D eigenvalue weighted by atomic mass is 32.2. The van der Waals surface area contributed by atoms with Gasteiger partial charge in [-0.1, -0.05) is 12.1 Å². The molecule has 0 bridgehead atoms. The third kappa shape index (κ3) is 4.65. The lowest BCUT2D eigenvalue weighted by Gasteiger charge is -2.06. The van der Waals surface area contributed by atoms with E-state index in [1.54, 1.807) is 24.5 Å². The SMILES string of the molecule is NS(=O)(=O)Cc1ccc(NCc2cncnc2)cc1. The van der Waals surface area contributed by atoms with Gasteiger partial charge in [-0.3, -0.25) is 0 Å². The number of anilines is 1. The van der Waals surface area contributed by atoms with Crippen molar-refractivity contribution in [2.24, 2.45) is 5.14 Å². The molecular formula is C12H14N4O2S. The van der Waals surface area contributed by atoms with Gasteiger partial charge in [0.2, 0.25) is 10.0 Å². The first-order valence-corrected chi connectivity index (χ1v) is 7.32. The lowest BCUT2D eigenvalue weighted by Crippen LogP contribution is -2.14. The number of nitrogens with one attached hydrogen (secondary N) is 1. The van der Waals surface area contributed by atoms with Crippen molar-refractivity contribution in [3.8, 4) is 0 Å². The molecule has 1 heterocycles. The summed E-state index contributed by atoms with van der Waals surface area (Å²) in [5.41, 5.74) is 2.52. The first kappa shape index (κ1) is 13.4. The first-order valence-electron chi connectivity index (χ1n) is 5.60. The smallest absolute Gasteiger partial charge is 0.213 e. The Morgan fingerprint density at radius 1 is 1.05 bits per heavy atom. The van der Waals surface area contributed by atoms with E-state index in [9.17, 15) is 8.42 Å². The predicted octanol–water partition coefficient (Wildman–Crippen LogP) is 0.877. The summed E-state index contributed by atoms with van der Waals surface area (Å²) in [4.78, 5) is 7.84. The van der Waals surface area contributed by atoms with Crippen LogP contribution in [0, 0.1) is 0 Å². The minimum absolute atomic E-state index is 0.153. The van der Waals surface area contributed by atoms with Crippen LogP contribution in [0.3, 0.4) is 0 Å². The van der Waals surface area contributed by atoms with Crippen LogP contribution in [-0.4, -0.2) is 18.4 Å². The van der Waals surface area contributed by atoms with Gasteiger partial charge in [-0.05, 0) is 17.7 Å². The highest BCUT2D eigenvalue weighted by Gasteiger charge is 2.04. The number of nitrogens with two attached hydrogens (primary N) is 1. The molecule has 0 unspecified atom stereocenters. The molecule has 0 fully saturated rings. The van der Waals surface area contributed by atoms with Crippen LogP contribution in [0.15, 0.2) is 43.0 Å². The van der Waals surface area contributed by atoms with E-state index < -0.39 is 10.0 Å². The highest BCUT2D eigenvalue weighted by Crippen LogP contribution is 2.12. The second-order valence-electron chi connectivity index (χ2n) is 4.10. The number of sulfonamides is 1. The van der Waals surface area contributed by atoms with E-state index in [0.717, 1.165) is 11.3 Å². The summed E-state index contributed by atoms with van der Waals surface area (Å²) in [6.45, 7) is 0.607. The summed E-state index contributed by atoms with van der Waals surface area (Å²) in [6.07, 6.45) is 4.94. The number of hydrogen-bond acceptors (Lipinski definition) is 5. The number of rotatable bonds is 5. The lowest BCUT2D eigenvalue weighted by molar-refractivity contribution is 0.597. The number of benzene rings is 1. The summed E-state index contributed by atoms with van der Waals surface area (Å²) in [7, 11) is -3.48. The highest BCUT2D eigenvalue weighted by molar-refractivity contribution is 7.88. The van der Waals surface area contributed by atoms with Crippen molar-refractivity contribution in [2.75, 3.05) is 5.32 Å². The van der Waals surface area contributed by atoms with Crippen molar-refractivity contribution < 1.29 is 8.42 Å². The maximum atomic E-state index is 10.9. The van der Waals surface area contributed by atoms with E-state index >= 15 is 0 Å². The van der Waals surface area contributed by atoms with Gasteiger partial charge in [0.05, 0.1) is 5.75 Å². The van der Waals surface area contributed by atoms with Crippen molar-refractivity contribution in [3.63, 3.8) is 0 Å². The molecule has 0 saturated heterocycles. The van der Waals surface area contributed by atoms with Gasteiger partial charge in [-0.2, -0.15) is 0 Å². The molecule has 1 aromatic heterocycles. The molecule has 6 nitrogen and oxygen atoms in total. The number of hydrogen-bond donors (Lipinski definition) is 2. The Balaban J connectivity index is 1.96. The van der Waals surface area contributed by atoms with Crippen molar-refractivity contribution in [2.45, 2.75) is 12.3 Å². The fourth-order valence-electron chi connectivity index (χ4n) is 1.58. The number of aromatic nitrogens is 2. The van der Waals surface area contributed by atoms with Gasteiger partial charge >= 0.3 is 0 Å². The minimum atomic E-state index is -3.48. The molecule has 0 aliphatic carbocycles. The summed E-state index contributed by atoms with van der Waals surface area (Å²) in [5, 5.41) is 8.17. The molecule has 0 aliphatic rings. The van der Waals surface area contributed by atoms with E-state index in [0.29, 0.717) is 12.1 Å². The van der Waals surface area contributed by atoms with Crippen molar-refractivity contribution in [1.29, 1.82) is 0 Å². The van der Waals surface area contributed by atoms with Crippen LogP contribution in [0.2, 0.25) is 0 Å². The van der Waals surface area contributed by atoms with Crippen LogP contribution in [0.4, 0.5) is 5.69 Å². The zero-order valence-electron chi connectivity index (χ0n) is 10.2. The van der Waals surface area contributed by atoms with E-state index in [1.807, 2.05) is 12.1 Å². The van der Waals surface area contributed by atoms with Gasteiger partial charge in [0, 0.05) is 30.2 Å². The Morgan fingerprint density at radius 3 is 2.26 bits per heavy atom. The quantitative estimate of drug-likeness (QED) is 0.846. The van der Waals surface area contributed by atoms with Gasteiger partial charge in [-0.15, -0.1) is 0 Å². The topological polar surface area (TPSA) is 98.0 Å². The Morgan fingerprint density at radius 2 is 1.68 bits per heavy atom. The van der Waals surface area contributed by atoms with Crippen molar-refractivity contribution in [3.05, 3.63) is 54.1 Å². The molecule has 0 radical (unpaired) electrons. The van der Waals surface area contributed by atoms with Crippen molar-refractivity contribution in [1.82, 2.24) is 9.97 Å². The predicted molar refractivity (Wildman–Crippen MR) is 72.6 cm³/mol.